The lowest BCUT2D eigenvalue weighted by molar-refractivity contribution is -0.137. The van der Waals surface area contributed by atoms with Gasteiger partial charge in [0, 0.05) is 6.54 Å². The van der Waals surface area contributed by atoms with Crippen LogP contribution in [0.1, 0.15) is 11.1 Å². The summed E-state index contributed by atoms with van der Waals surface area (Å²) >= 11 is 0. The van der Waals surface area contributed by atoms with Crippen LogP contribution in [0.15, 0.2) is 24.3 Å². The van der Waals surface area contributed by atoms with E-state index in [1.165, 1.54) is 12.1 Å². The quantitative estimate of drug-likeness (QED) is 0.608. The van der Waals surface area contributed by atoms with Gasteiger partial charge in [0.25, 0.3) is 0 Å². The normalized spacial score (nSPS) is 11.5. The van der Waals surface area contributed by atoms with Gasteiger partial charge in [-0.25, -0.2) is 0 Å². The maximum Gasteiger partial charge on any atom is 0.416 e. The molecule has 3 N–H and O–H groups in total. The van der Waals surface area contributed by atoms with Gasteiger partial charge in [-0.15, -0.1) is 0 Å². The van der Waals surface area contributed by atoms with Crippen LogP contribution in [0.3, 0.4) is 0 Å². The summed E-state index contributed by atoms with van der Waals surface area (Å²) in [5.41, 5.74) is 6.81. The number of hydrogen-bond acceptors (Lipinski definition) is 3. The predicted octanol–water partition coefficient (Wildman–Crippen LogP) is 1.21. The van der Waals surface area contributed by atoms with Crippen molar-refractivity contribution in [2.24, 2.45) is 5.73 Å². The Kier molecular flexibility index (Phi) is 4.47. The van der Waals surface area contributed by atoms with Crippen molar-refractivity contribution in [2.45, 2.75) is 12.7 Å². The summed E-state index contributed by atoms with van der Waals surface area (Å²) in [6.07, 6.45) is -4.37. The second kappa shape index (κ2) is 5.65. The Morgan fingerprint density at radius 2 is 2.12 bits per heavy atom. The van der Waals surface area contributed by atoms with E-state index in [4.69, 9.17) is 5.73 Å². The highest BCUT2D eigenvalue weighted by molar-refractivity contribution is 5.74. The van der Waals surface area contributed by atoms with E-state index in [2.05, 4.69) is 10.3 Å². The van der Waals surface area contributed by atoms with Gasteiger partial charge >= 0.3 is 6.18 Å². The first-order valence-corrected chi connectivity index (χ1v) is 4.68. The fourth-order valence-electron chi connectivity index (χ4n) is 1.11. The third-order valence-corrected chi connectivity index (χ3v) is 1.85. The minimum atomic E-state index is -4.37. The van der Waals surface area contributed by atoms with Crippen LogP contribution < -0.4 is 11.2 Å². The first kappa shape index (κ1) is 13.5. The first-order valence-electron chi connectivity index (χ1n) is 4.68. The Morgan fingerprint density at radius 1 is 1.41 bits per heavy atom. The lowest BCUT2D eigenvalue weighted by Crippen LogP contribution is -2.24. The van der Waals surface area contributed by atoms with E-state index in [-0.39, 0.29) is 13.2 Å². The highest BCUT2D eigenvalue weighted by Crippen LogP contribution is 2.29. The number of benzene rings is 1. The number of alkyl halides is 3. The Balaban J connectivity index is 2.52. The van der Waals surface area contributed by atoms with Crippen molar-refractivity contribution in [3.05, 3.63) is 35.4 Å². The molecule has 1 aromatic carbocycles. The van der Waals surface area contributed by atoms with Crippen molar-refractivity contribution < 1.29 is 22.8 Å². The number of carbonyl (C=O) groups is 1. The van der Waals surface area contributed by atoms with Gasteiger partial charge in [0.15, 0.2) is 0 Å². The predicted molar refractivity (Wildman–Crippen MR) is 53.4 cm³/mol. The molecule has 7 heteroatoms. The molecule has 0 saturated heterocycles. The molecular weight excluding hydrogens is 237 g/mol. The third-order valence-electron chi connectivity index (χ3n) is 1.85. The number of nitrogens with one attached hydrogen (secondary N) is 1. The van der Waals surface area contributed by atoms with Crippen molar-refractivity contribution in [2.75, 3.05) is 6.61 Å². The van der Waals surface area contributed by atoms with E-state index in [1.54, 1.807) is 0 Å². The standard InChI is InChI=1S/C10H11F3N2O2/c11-10(12,13)8-3-1-2-7(4-8)5-15-17-6-9(14)16/h1-4,15H,5-6H2,(H2,14,16). The minimum Gasteiger partial charge on any atom is -0.368 e. The number of nitrogens with two attached hydrogens (primary N) is 1. The van der Waals surface area contributed by atoms with Crippen molar-refractivity contribution in [1.82, 2.24) is 5.48 Å². The monoisotopic (exact) mass is 248 g/mol. The van der Waals surface area contributed by atoms with E-state index in [0.29, 0.717) is 5.56 Å². The van der Waals surface area contributed by atoms with E-state index in [0.717, 1.165) is 12.1 Å². The number of carbonyl (C=O) groups excluding carboxylic acids is 1. The molecule has 0 radical (unpaired) electrons. The zero-order chi connectivity index (χ0) is 12.9. The topological polar surface area (TPSA) is 64.4 Å². The molecule has 0 aromatic heterocycles. The van der Waals surface area contributed by atoms with Gasteiger partial charge in [0.2, 0.25) is 5.91 Å². The molecule has 0 fully saturated rings. The summed E-state index contributed by atoms with van der Waals surface area (Å²) in [6, 6.07) is 4.79. The minimum absolute atomic E-state index is 0.0528. The molecule has 0 unspecified atom stereocenters. The summed E-state index contributed by atoms with van der Waals surface area (Å²) < 4.78 is 37.0. The van der Waals surface area contributed by atoms with Gasteiger partial charge in [0.05, 0.1) is 5.56 Å². The number of amides is 1. The molecule has 0 heterocycles. The summed E-state index contributed by atoms with van der Waals surface area (Å²) in [5, 5.41) is 0. The molecule has 0 aliphatic heterocycles. The van der Waals surface area contributed by atoms with Crippen LogP contribution in [-0.4, -0.2) is 12.5 Å². The second-order valence-electron chi connectivity index (χ2n) is 3.27. The fourth-order valence-corrected chi connectivity index (χ4v) is 1.11. The number of halogens is 3. The largest absolute Gasteiger partial charge is 0.416 e. The molecule has 17 heavy (non-hydrogen) atoms. The van der Waals surface area contributed by atoms with Crippen LogP contribution in [0, 0.1) is 0 Å². The Labute approximate surface area is 95.5 Å². The van der Waals surface area contributed by atoms with Gasteiger partial charge in [-0.3, -0.25) is 9.63 Å². The van der Waals surface area contributed by atoms with Gasteiger partial charge in [0.1, 0.15) is 6.61 Å². The van der Waals surface area contributed by atoms with E-state index in [9.17, 15) is 18.0 Å². The van der Waals surface area contributed by atoms with Crippen LogP contribution in [0.2, 0.25) is 0 Å². The lowest BCUT2D eigenvalue weighted by atomic mass is 10.1. The van der Waals surface area contributed by atoms with Crippen LogP contribution >= 0.6 is 0 Å². The zero-order valence-corrected chi connectivity index (χ0v) is 8.75. The van der Waals surface area contributed by atoms with Crippen molar-refractivity contribution in [3.8, 4) is 0 Å². The van der Waals surface area contributed by atoms with E-state index < -0.39 is 17.6 Å². The molecule has 94 valence electrons. The zero-order valence-electron chi connectivity index (χ0n) is 8.75. The maximum absolute atomic E-state index is 12.3. The van der Waals surface area contributed by atoms with Gasteiger partial charge < -0.3 is 5.73 Å². The Bertz CT molecular complexity index is 393. The van der Waals surface area contributed by atoms with E-state index in [1.807, 2.05) is 0 Å². The van der Waals surface area contributed by atoms with Crippen LogP contribution in [0.5, 0.6) is 0 Å². The Morgan fingerprint density at radius 3 is 2.71 bits per heavy atom. The van der Waals surface area contributed by atoms with Crippen molar-refractivity contribution in [3.63, 3.8) is 0 Å². The van der Waals surface area contributed by atoms with Gasteiger partial charge in [-0.2, -0.15) is 18.7 Å². The highest BCUT2D eigenvalue weighted by atomic mass is 19.4. The molecule has 0 aliphatic rings. The number of primary amides is 1. The van der Waals surface area contributed by atoms with Crippen LogP contribution in [0.25, 0.3) is 0 Å². The average molecular weight is 248 g/mol. The van der Waals surface area contributed by atoms with Gasteiger partial charge in [-0.1, -0.05) is 18.2 Å². The molecule has 0 spiro atoms. The summed E-state index contributed by atoms with van der Waals surface area (Å²) in [7, 11) is 0. The molecule has 1 rings (SSSR count). The lowest BCUT2D eigenvalue weighted by Gasteiger charge is -2.09. The van der Waals surface area contributed by atoms with Crippen molar-refractivity contribution in [1.29, 1.82) is 0 Å². The summed E-state index contributed by atoms with van der Waals surface area (Å²) in [6.45, 7) is -0.282. The third kappa shape index (κ3) is 4.83. The summed E-state index contributed by atoms with van der Waals surface area (Å²) in [5.74, 6) is -0.665. The van der Waals surface area contributed by atoms with Crippen LogP contribution in [0.4, 0.5) is 13.2 Å². The van der Waals surface area contributed by atoms with Crippen molar-refractivity contribution >= 4 is 5.91 Å². The molecular formula is C10H11F3N2O2. The molecule has 1 aromatic rings. The Hall–Kier alpha value is -1.60. The second-order valence-corrected chi connectivity index (χ2v) is 3.27. The molecule has 0 bridgehead atoms. The molecule has 0 aliphatic carbocycles. The number of hydroxylamine groups is 1. The fraction of sp³-hybridized carbons (Fsp3) is 0.300. The van der Waals surface area contributed by atoms with Crippen LogP contribution in [-0.2, 0) is 22.4 Å². The summed E-state index contributed by atoms with van der Waals surface area (Å²) in [4.78, 5) is 14.9. The van der Waals surface area contributed by atoms with Gasteiger partial charge in [-0.05, 0) is 11.6 Å². The molecule has 0 atom stereocenters. The smallest absolute Gasteiger partial charge is 0.368 e. The number of hydrogen-bond donors (Lipinski definition) is 2. The average Bonchev–Trinajstić information content (AvgIpc) is 2.23. The maximum atomic E-state index is 12.3. The van der Waals surface area contributed by atoms with E-state index >= 15 is 0 Å². The number of rotatable bonds is 5. The molecule has 4 nitrogen and oxygen atoms in total. The SMILES string of the molecule is NC(=O)CONCc1cccc(C(F)(F)F)c1. The molecule has 0 saturated carbocycles. The first-order chi connectivity index (χ1) is 7.89. The molecule has 1 amide bonds. The highest BCUT2D eigenvalue weighted by Gasteiger charge is 2.30.